The van der Waals surface area contributed by atoms with Crippen molar-refractivity contribution in [1.82, 2.24) is 5.32 Å². The van der Waals surface area contributed by atoms with Crippen LogP contribution in [-0.2, 0) is 4.79 Å². The molecular formula is C19H13F4NO. The summed E-state index contributed by atoms with van der Waals surface area (Å²) in [5.41, 5.74) is 0.706. The third-order valence-corrected chi connectivity index (χ3v) is 3.80. The van der Waals surface area contributed by atoms with E-state index in [9.17, 15) is 22.4 Å². The van der Waals surface area contributed by atoms with E-state index in [1.54, 1.807) is 0 Å². The molecule has 0 aromatic heterocycles. The molecule has 0 atom stereocenters. The molecule has 0 spiro atoms. The number of halogens is 4. The van der Waals surface area contributed by atoms with E-state index < -0.39 is 23.3 Å². The smallest absolute Gasteiger partial charge is 0.187 e. The molecule has 0 radical (unpaired) electrons. The van der Waals surface area contributed by atoms with Gasteiger partial charge in [0.25, 0.3) is 0 Å². The summed E-state index contributed by atoms with van der Waals surface area (Å²) in [6.07, 6.45) is 2.66. The third kappa shape index (κ3) is 3.85. The summed E-state index contributed by atoms with van der Waals surface area (Å²) in [7, 11) is 0. The summed E-state index contributed by atoms with van der Waals surface area (Å²) in [4.78, 5) is 12.5. The molecule has 0 amide bonds. The van der Waals surface area contributed by atoms with Crippen LogP contribution < -0.4 is 5.32 Å². The van der Waals surface area contributed by atoms with Crippen molar-refractivity contribution in [2.75, 3.05) is 13.1 Å². The lowest BCUT2D eigenvalue weighted by atomic mass is 9.95. The Balaban J connectivity index is 1.93. The van der Waals surface area contributed by atoms with Crippen molar-refractivity contribution in [3.63, 3.8) is 0 Å². The van der Waals surface area contributed by atoms with Gasteiger partial charge in [-0.3, -0.25) is 4.79 Å². The number of benzene rings is 2. The van der Waals surface area contributed by atoms with E-state index in [1.165, 1.54) is 24.3 Å². The van der Waals surface area contributed by atoms with Crippen molar-refractivity contribution in [1.29, 1.82) is 0 Å². The fourth-order valence-electron chi connectivity index (χ4n) is 2.54. The van der Waals surface area contributed by atoms with Crippen LogP contribution in [0.1, 0.15) is 11.1 Å². The maximum absolute atomic E-state index is 13.8. The molecule has 1 aliphatic rings. The number of hydrogen-bond acceptors (Lipinski definition) is 2. The van der Waals surface area contributed by atoms with Crippen molar-refractivity contribution in [2.45, 2.75) is 0 Å². The van der Waals surface area contributed by atoms with Crippen LogP contribution in [0.25, 0.3) is 12.2 Å². The Hall–Kier alpha value is -2.73. The molecule has 6 heteroatoms. The minimum absolute atomic E-state index is 0.0840. The molecule has 1 fully saturated rings. The Kier molecular flexibility index (Phi) is 4.81. The molecular weight excluding hydrogens is 334 g/mol. The topological polar surface area (TPSA) is 29.1 Å². The standard InChI is InChI=1S/C19H13F4NO/c20-15-3-1-11(17(22)7-15)5-13-9-24-10-14(19(13)25)6-12-2-4-16(21)8-18(12)23/h1-8,24H,9-10H2. The number of rotatable bonds is 2. The first-order valence-electron chi connectivity index (χ1n) is 7.51. The highest BCUT2D eigenvalue weighted by molar-refractivity contribution is 6.14. The molecule has 3 rings (SSSR count). The van der Waals surface area contributed by atoms with Crippen molar-refractivity contribution in [2.24, 2.45) is 0 Å². The summed E-state index contributed by atoms with van der Waals surface area (Å²) in [6.45, 7) is 0.414. The van der Waals surface area contributed by atoms with E-state index in [2.05, 4.69) is 5.32 Å². The van der Waals surface area contributed by atoms with E-state index in [-0.39, 0.29) is 41.1 Å². The van der Waals surface area contributed by atoms with Gasteiger partial charge < -0.3 is 5.32 Å². The average molecular weight is 347 g/mol. The highest BCUT2D eigenvalue weighted by atomic mass is 19.1. The molecule has 25 heavy (non-hydrogen) atoms. The lowest BCUT2D eigenvalue weighted by Gasteiger charge is -2.18. The van der Waals surface area contributed by atoms with Crippen LogP contribution in [0.5, 0.6) is 0 Å². The molecule has 0 saturated carbocycles. The highest BCUT2D eigenvalue weighted by Crippen LogP contribution is 2.20. The monoisotopic (exact) mass is 347 g/mol. The first-order valence-corrected chi connectivity index (χ1v) is 7.51. The van der Waals surface area contributed by atoms with Crippen LogP contribution in [0.3, 0.4) is 0 Å². The van der Waals surface area contributed by atoms with Crippen LogP contribution in [0.2, 0.25) is 0 Å². The molecule has 1 aliphatic heterocycles. The normalized spacial score (nSPS) is 18.2. The fraction of sp³-hybridized carbons (Fsp3) is 0.105. The minimum Gasteiger partial charge on any atom is -0.308 e. The second kappa shape index (κ2) is 7.03. The molecule has 2 aromatic rings. The Morgan fingerprint density at radius 1 is 0.760 bits per heavy atom. The molecule has 0 aliphatic carbocycles. The lowest BCUT2D eigenvalue weighted by molar-refractivity contribution is -0.112. The second-order valence-corrected chi connectivity index (χ2v) is 5.60. The zero-order valence-corrected chi connectivity index (χ0v) is 13.0. The van der Waals surface area contributed by atoms with Crippen molar-refractivity contribution >= 4 is 17.9 Å². The number of carbonyl (C=O) groups is 1. The number of nitrogens with one attached hydrogen (secondary N) is 1. The Labute approximate surface area is 141 Å². The van der Waals surface area contributed by atoms with Gasteiger partial charge in [-0.1, -0.05) is 0 Å². The first-order chi connectivity index (χ1) is 11.9. The van der Waals surface area contributed by atoms with E-state index in [4.69, 9.17) is 0 Å². The first kappa shape index (κ1) is 17.1. The van der Waals surface area contributed by atoms with Gasteiger partial charge in [-0.05, 0) is 36.4 Å². The van der Waals surface area contributed by atoms with Crippen molar-refractivity contribution in [3.05, 3.63) is 81.9 Å². The predicted octanol–water partition coefficient (Wildman–Crippen LogP) is 3.88. The molecule has 2 nitrogen and oxygen atoms in total. The van der Waals surface area contributed by atoms with Gasteiger partial charge in [0.15, 0.2) is 5.78 Å². The quantitative estimate of drug-likeness (QED) is 0.660. The van der Waals surface area contributed by atoms with Gasteiger partial charge >= 0.3 is 0 Å². The van der Waals surface area contributed by atoms with Crippen LogP contribution >= 0.6 is 0 Å². The fourth-order valence-corrected chi connectivity index (χ4v) is 2.54. The predicted molar refractivity (Wildman–Crippen MR) is 86.5 cm³/mol. The number of Topliss-reactive ketones (excluding diaryl/α,β-unsaturated/α-hetero) is 1. The minimum atomic E-state index is -0.777. The lowest BCUT2D eigenvalue weighted by Crippen LogP contribution is -2.32. The Morgan fingerprint density at radius 3 is 1.60 bits per heavy atom. The second-order valence-electron chi connectivity index (χ2n) is 5.60. The van der Waals surface area contributed by atoms with Crippen LogP contribution in [0.15, 0.2) is 47.5 Å². The van der Waals surface area contributed by atoms with Gasteiger partial charge in [0, 0.05) is 47.5 Å². The Morgan fingerprint density at radius 2 is 1.20 bits per heavy atom. The van der Waals surface area contributed by atoms with Crippen molar-refractivity contribution < 1.29 is 22.4 Å². The van der Waals surface area contributed by atoms with E-state index in [0.29, 0.717) is 0 Å². The molecule has 0 bridgehead atoms. The molecule has 1 saturated heterocycles. The van der Waals surface area contributed by atoms with Crippen LogP contribution in [0, 0.1) is 23.3 Å². The van der Waals surface area contributed by atoms with E-state index in [1.807, 2.05) is 0 Å². The SMILES string of the molecule is O=C1C(=Cc2ccc(F)cc2F)CNCC1=Cc1ccc(F)cc1F. The van der Waals surface area contributed by atoms with Gasteiger partial charge in [-0.15, -0.1) is 0 Å². The molecule has 1 heterocycles. The molecule has 2 aromatic carbocycles. The summed E-state index contributed by atoms with van der Waals surface area (Å²) >= 11 is 0. The number of ketones is 1. The van der Waals surface area contributed by atoms with Gasteiger partial charge in [0.2, 0.25) is 0 Å². The highest BCUT2D eigenvalue weighted by Gasteiger charge is 2.21. The third-order valence-electron chi connectivity index (χ3n) is 3.80. The number of carbonyl (C=O) groups excluding carboxylic acids is 1. The summed E-state index contributed by atoms with van der Waals surface area (Å²) in [5.74, 6) is -3.34. The van der Waals surface area contributed by atoms with Crippen LogP contribution in [0.4, 0.5) is 17.6 Å². The number of piperidine rings is 1. The van der Waals surface area contributed by atoms with Gasteiger partial charge in [0.05, 0.1) is 0 Å². The summed E-state index contributed by atoms with van der Waals surface area (Å²) < 4.78 is 53.4. The molecule has 0 unspecified atom stereocenters. The zero-order valence-electron chi connectivity index (χ0n) is 13.0. The molecule has 1 N–H and O–H groups in total. The van der Waals surface area contributed by atoms with E-state index in [0.717, 1.165) is 24.3 Å². The van der Waals surface area contributed by atoms with E-state index >= 15 is 0 Å². The Bertz CT molecular complexity index is 831. The maximum atomic E-state index is 13.8. The van der Waals surface area contributed by atoms with Gasteiger partial charge in [-0.2, -0.15) is 0 Å². The van der Waals surface area contributed by atoms with Gasteiger partial charge in [-0.25, -0.2) is 17.6 Å². The molecule has 128 valence electrons. The summed E-state index contributed by atoms with van der Waals surface area (Å²) in [6, 6.07) is 6.14. The van der Waals surface area contributed by atoms with Crippen molar-refractivity contribution in [3.8, 4) is 0 Å². The maximum Gasteiger partial charge on any atom is 0.187 e. The largest absolute Gasteiger partial charge is 0.308 e. The average Bonchev–Trinajstić information content (AvgIpc) is 2.56. The number of hydrogen-bond donors (Lipinski definition) is 1. The summed E-state index contributed by atoms with van der Waals surface area (Å²) in [5, 5.41) is 2.97. The zero-order chi connectivity index (χ0) is 18.0. The van der Waals surface area contributed by atoms with Gasteiger partial charge in [0.1, 0.15) is 23.3 Å². The van der Waals surface area contributed by atoms with Crippen LogP contribution in [-0.4, -0.2) is 18.9 Å².